The zero-order valence-corrected chi connectivity index (χ0v) is 11.6. The first-order valence-electron chi connectivity index (χ1n) is 6.58. The molecule has 1 amide bonds. The number of rotatable bonds is 3. The summed E-state index contributed by atoms with van der Waals surface area (Å²) in [4.78, 5) is 25.9. The van der Waals surface area contributed by atoms with Crippen LogP contribution >= 0.6 is 0 Å². The number of hydrogen-bond acceptors (Lipinski definition) is 3. The molecule has 0 bridgehead atoms. The van der Waals surface area contributed by atoms with E-state index >= 15 is 0 Å². The van der Waals surface area contributed by atoms with Gasteiger partial charge in [0, 0.05) is 26.2 Å². The smallest absolute Gasteiger partial charge is 0.317 e. The Bertz CT molecular complexity index is 570. The lowest BCUT2D eigenvalue weighted by atomic mass is 10.1. The number of carbonyl (C=O) groups is 2. The number of nitrogens with zero attached hydrogens (tertiary/aromatic N) is 2. The first-order chi connectivity index (χ1) is 9.90. The minimum absolute atomic E-state index is 0.102. The van der Waals surface area contributed by atoms with Gasteiger partial charge in [0.25, 0.3) is 5.91 Å². The largest absolute Gasteiger partial charge is 0.480 e. The summed E-state index contributed by atoms with van der Waals surface area (Å²) in [5.41, 5.74) is -0.328. The van der Waals surface area contributed by atoms with Crippen molar-refractivity contribution in [1.29, 1.82) is 0 Å². The number of benzene rings is 1. The molecule has 1 aromatic rings. The van der Waals surface area contributed by atoms with Crippen LogP contribution in [0.2, 0.25) is 0 Å². The average molecular weight is 298 g/mol. The minimum atomic E-state index is -0.939. The van der Waals surface area contributed by atoms with Crippen molar-refractivity contribution in [2.24, 2.45) is 0 Å². The summed E-state index contributed by atoms with van der Waals surface area (Å²) in [6.07, 6.45) is 0. The molecule has 0 aromatic heterocycles. The van der Waals surface area contributed by atoms with Crippen LogP contribution in [0.3, 0.4) is 0 Å². The SMILES string of the molecule is Cc1ccc(F)c(C(=O)N2CCN(CC(=O)O)CC2)c1F. The Labute approximate surface area is 120 Å². The number of aryl methyl sites for hydroxylation is 1. The summed E-state index contributed by atoms with van der Waals surface area (Å²) in [5.74, 6) is -3.35. The maximum Gasteiger partial charge on any atom is 0.317 e. The normalized spacial score (nSPS) is 16.0. The second-order valence-corrected chi connectivity index (χ2v) is 5.02. The van der Waals surface area contributed by atoms with Crippen LogP contribution in [-0.4, -0.2) is 59.5 Å². The van der Waals surface area contributed by atoms with Crippen LogP contribution in [0.4, 0.5) is 8.78 Å². The fourth-order valence-electron chi connectivity index (χ4n) is 2.31. The Balaban J connectivity index is 2.09. The van der Waals surface area contributed by atoms with Gasteiger partial charge in [-0.3, -0.25) is 14.5 Å². The Morgan fingerprint density at radius 2 is 1.81 bits per heavy atom. The van der Waals surface area contributed by atoms with Crippen molar-refractivity contribution < 1.29 is 23.5 Å². The van der Waals surface area contributed by atoms with E-state index in [2.05, 4.69) is 0 Å². The maximum absolute atomic E-state index is 13.9. The molecule has 0 spiro atoms. The first-order valence-corrected chi connectivity index (χ1v) is 6.58. The quantitative estimate of drug-likeness (QED) is 0.908. The van der Waals surface area contributed by atoms with Gasteiger partial charge in [0.15, 0.2) is 0 Å². The van der Waals surface area contributed by atoms with Crippen molar-refractivity contribution in [2.45, 2.75) is 6.92 Å². The Kier molecular flexibility index (Phi) is 4.52. The van der Waals surface area contributed by atoms with Crippen molar-refractivity contribution in [3.05, 3.63) is 34.9 Å². The molecular formula is C14H16F2N2O3. The zero-order chi connectivity index (χ0) is 15.6. The van der Waals surface area contributed by atoms with Crippen molar-refractivity contribution in [3.63, 3.8) is 0 Å². The molecule has 21 heavy (non-hydrogen) atoms. The molecule has 1 fully saturated rings. The summed E-state index contributed by atoms with van der Waals surface area (Å²) in [5, 5.41) is 8.70. The zero-order valence-electron chi connectivity index (χ0n) is 11.6. The summed E-state index contributed by atoms with van der Waals surface area (Å²) < 4.78 is 27.6. The number of carboxylic acids is 1. The number of carboxylic acid groups (broad SMARTS) is 1. The van der Waals surface area contributed by atoms with Crippen LogP contribution in [0.5, 0.6) is 0 Å². The summed E-state index contributed by atoms with van der Waals surface area (Å²) in [6.45, 7) is 2.60. The predicted molar refractivity (Wildman–Crippen MR) is 71.1 cm³/mol. The van der Waals surface area contributed by atoms with Gasteiger partial charge in [-0.2, -0.15) is 0 Å². The molecule has 2 rings (SSSR count). The lowest BCUT2D eigenvalue weighted by Gasteiger charge is -2.34. The molecular weight excluding hydrogens is 282 g/mol. The third kappa shape index (κ3) is 3.36. The van der Waals surface area contributed by atoms with Crippen LogP contribution in [0, 0.1) is 18.6 Å². The third-order valence-corrected chi connectivity index (χ3v) is 3.52. The molecule has 7 heteroatoms. The van der Waals surface area contributed by atoms with Crippen LogP contribution < -0.4 is 0 Å². The monoisotopic (exact) mass is 298 g/mol. The van der Waals surface area contributed by atoms with E-state index in [0.29, 0.717) is 13.1 Å². The molecule has 5 nitrogen and oxygen atoms in total. The van der Waals surface area contributed by atoms with E-state index in [4.69, 9.17) is 5.11 Å². The molecule has 0 radical (unpaired) electrons. The molecule has 114 valence electrons. The summed E-state index contributed by atoms with van der Waals surface area (Å²) >= 11 is 0. The van der Waals surface area contributed by atoms with Crippen molar-refractivity contribution in [3.8, 4) is 0 Å². The van der Waals surface area contributed by atoms with E-state index in [-0.39, 0.29) is 25.2 Å². The first kappa shape index (κ1) is 15.4. The second kappa shape index (κ2) is 6.17. The van der Waals surface area contributed by atoms with Gasteiger partial charge in [-0.1, -0.05) is 6.07 Å². The molecule has 1 saturated heterocycles. The molecule has 1 aromatic carbocycles. The van der Waals surface area contributed by atoms with E-state index in [0.717, 1.165) is 6.07 Å². The summed E-state index contributed by atoms with van der Waals surface area (Å²) in [6, 6.07) is 2.36. The van der Waals surface area contributed by atoms with E-state index in [1.165, 1.54) is 17.9 Å². The Morgan fingerprint density at radius 1 is 1.19 bits per heavy atom. The molecule has 0 atom stereocenters. The highest BCUT2D eigenvalue weighted by molar-refractivity contribution is 5.95. The topological polar surface area (TPSA) is 60.9 Å². The van der Waals surface area contributed by atoms with E-state index in [9.17, 15) is 18.4 Å². The number of amides is 1. The Morgan fingerprint density at radius 3 is 2.38 bits per heavy atom. The molecule has 1 heterocycles. The van der Waals surface area contributed by atoms with Crippen molar-refractivity contribution in [2.75, 3.05) is 32.7 Å². The van der Waals surface area contributed by atoms with Gasteiger partial charge < -0.3 is 10.0 Å². The molecule has 0 aliphatic carbocycles. The van der Waals surface area contributed by atoms with Gasteiger partial charge in [-0.05, 0) is 18.6 Å². The van der Waals surface area contributed by atoms with Crippen LogP contribution in [-0.2, 0) is 4.79 Å². The van der Waals surface area contributed by atoms with E-state index in [1.807, 2.05) is 0 Å². The number of piperazine rings is 1. The van der Waals surface area contributed by atoms with Gasteiger partial charge in [-0.25, -0.2) is 8.78 Å². The van der Waals surface area contributed by atoms with Crippen LogP contribution in [0.15, 0.2) is 12.1 Å². The highest BCUT2D eigenvalue weighted by Crippen LogP contribution is 2.19. The summed E-state index contributed by atoms with van der Waals surface area (Å²) in [7, 11) is 0. The van der Waals surface area contributed by atoms with Crippen molar-refractivity contribution >= 4 is 11.9 Å². The fourth-order valence-corrected chi connectivity index (χ4v) is 2.31. The second-order valence-electron chi connectivity index (χ2n) is 5.02. The number of carbonyl (C=O) groups excluding carboxylic acids is 1. The highest BCUT2D eigenvalue weighted by Gasteiger charge is 2.27. The van der Waals surface area contributed by atoms with Crippen LogP contribution in [0.25, 0.3) is 0 Å². The van der Waals surface area contributed by atoms with E-state index in [1.54, 1.807) is 4.90 Å². The lowest BCUT2D eigenvalue weighted by Crippen LogP contribution is -2.50. The van der Waals surface area contributed by atoms with Gasteiger partial charge in [0.05, 0.1) is 6.54 Å². The fraction of sp³-hybridized carbons (Fsp3) is 0.429. The molecule has 1 aliphatic rings. The maximum atomic E-state index is 13.9. The predicted octanol–water partition coefficient (Wildman–Crippen LogP) is 1.12. The van der Waals surface area contributed by atoms with Gasteiger partial charge in [0.2, 0.25) is 0 Å². The standard InChI is InChI=1S/C14H16F2N2O3/c1-9-2-3-10(15)12(13(9)16)14(21)18-6-4-17(5-7-18)8-11(19)20/h2-3H,4-8H2,1H3,(H,19,20). The van der Waals surface area contributed by atoms with Gasteiger partial charge in [0.1, 0.15) is 17.2 Å². The van der Waals surface area contributed by atoms with E-state index < -0.39 is 29.1 Å². The molecule has 1 N–H and O–H groups in total. The highest BCUT2D eigenvalue weighted by atomic mass is 19.1. The van der Waals surface area contributed by atoms with Gasteiger partial charge in [-0.15, -0.1) is 0 Å². The molecule has 0 unspecified atom stereocenters. The molecule has 0 saturated carbocycles. The average Bonchev–Trinajstić information content (AvgIpc) is 2.43. The number of hydrogen-bond donors (Lipinski definition) is 1. The lowest BCUT2D eigenvalue weighted by molar-refractivity contribution is -0.138. The molecule has 1 aliphatic heterocycles. The number of aliphatic carboxylic acids is 1. The number of halogens is 2. The third-order valence-electron chi connectivity index (χ3n) is 3.52. The van der Waals surface area contributed by atoms with Gasteiger partial charge >= 0.3 is 5.97 Å². The van der Waals surface area contributed by atoms with Crippen molar-refractivity contribution in [1.82, 2.24) is 9.80 Å². The van der Waals surface area contributed by atoms with Crippen LogP contribution in [0.1, 0.15) is 15.9 Å². The Hall–Kier alpha value is -2.02. The minimum Gasteiger partial charge on any atom is -0.480 e.